The van der Waals surface area contributed by atoms with Crippen molar-refractivity contribution in [3.05, 3.63) is 122 Å². The summed E-state index contributed by atoms with van der Waals surface area (Å²) in [5.74, 6) is 0.558. The topological polar surface area (TPSA) is 72.5 Å². The van der Waals surface area contributed by atoms with E-state index in [1.165, 1.54) is 29.6 Å². The first kappa shape index (κ1) is 33.4. The summed E-state index contributed by atoms with van der Waals surface area (Å²) in [6, 6.07) is 19.3. The summed E-state index contributed by atoms with van der Waals surface area (Å²) in [5, 5.41) is 4.14. The van der Waals surface area contributed by atoms with Gasteiger partial charge in [0.15, 0.2) is 0 Å². The van der Waals surface area contributed by atoms with Crippen LogP contribution in [0, 0.1) is 13.1 Å². The van der Waals surface area contributed by atoms with Crippen LogP contribution in [0.2, 0.25) is 15.2 Å². The van der Waals surface area contributed by atoms with Crippen LogP contribution in [0.4, 0.5) is 28.6 Å². The number of nitrogens with two attached hydrogens (primary N) is 1. The Bertz CT molecular complexity index is 1520. The third-order valence-electron chi connectivity index (χ3n) is 5.66. The van der Waals surface area contributed by atoms with Crippen LogP contribution >= 0.6 is 34.8 Å². The van der Waals surface area contributed by atoms with Crippen LogP contribution in [-0.2, 0) is 10.8 Å². The van der Waals surface area contributed by atoms with E-state index in [2.05, 4.69) is 90.8 Å². The van der Waals surface area contributed by atoms with Crippen molar-refractivity contribution in [2.24, 2.45) is 0 Å². The van der Waals surface area contributed by atoms with Crippen molar-refractivity contribution in [3.63, 3.8) is 0 Å². The largest absolute Gasteiger partial charge is 0.399 e. The molecule has 2 heterocycles. The zero-order chi connectivity index (χ0) is 30.8. The summed E-state index contributed by atoms with van der Waals surface area (Å²) in [6.07, 6.45) is 2.88. The van der Waals surface area contributed by atoms with Gasteiger partial charge < -0.3 is 11.1 Å². The van der Waals surface area contributed by atoms with Crippen LogP contribution in [0.5, 0.6) is 0 Å². The monoisotopic (exact) mass is 606 g/mol. The minimum atomic E-state index is 0.131. The predicted octanol–water partition coefficient (Wildman–Crippen LogP) is 10.8. The Morgan fingerprint density at radius 3 is 1.54 bits per heavy atom. The molecule has 0 aliphatic heterocycles. The van der Waals surface area contributed by atoms with Crippen LogP contribution in [0.15, 0.2) is 73.1 Å². The zero-order valence-corrected chi connectivity index (χ0v) is 26.2. The molecule has 0 aliphatic carbocycles. The van der Waals surface area contributed by atoms with Gasteiger partial charge in [0.1, 0.15) is 11.0 Å². The van der Waals surface area contributed by atoms with Crippen LogP contribution in [-0.4, -0.2) is 9.97 Å². The van der Waals surface area contributed by atoms with Crippen molar-refractivity contribution in [2.75, 3.05) is 11.1 Å². The maximum atomic E-state index is 6.92. The van der Waals surface area contributed by atoms with Crippen molar-refractivity contribution < 1.29 is 0 Å². The maximum Gasteiger partial charge on any atom is 0.206 e. The Labute approximate surface area is 258 Å². The number of aromatic nitrogens is 2. The molecular weight excluding hydrogens is 575 g/mol. The van der Waals surface area contributed by atoms with Gasteiger partial charge in [-0.05, 0) is 58.4 Å². The van der Waals surface area contributed by atoms with E-state index in [4.69, 9.17) is 53.7 Å². The summed E-state index contributed by atoms with van der Waals surface area (Å²) in [4.78, 5) is 14.2. The predicted molar refractivity (Wildman–Crippen MR) is 174 cm³/mol. The molecule has 0 unspecified atom stereocenters. The molecule has 2 aromatic heterocycles. The van der Waals surface area contributed by atoms with Gasteiger partial charge in [-0.15, -0.1) is 0 Å². The fraction of sp³-hybridized carbons (Fsp3) is 0.250. The van der Waals surface area contributed by atoms with Crippen molar-refractivity contribution in [1.82, 2.24) is 9.97 Å². The first-order chi connectivity index (χ1) is 19.1. The van der Waals surface area contributed by atoms with Gasteiger partial charge in [0.05, 0.1) is 23.2 Å². The highest BCUT2D eigenvalue weighted by atomic mass is 35.5. The molecule has 3 N–H and O–H groups in total. The first-order valence-electron chi connectivity index (χ1n) is 12.6. The summed E-state index contributed by atoms with van der Waals surface area (Å²) in [7, 11) is 0. The number of pyridine rings is 2. The second-order valence-electron chi connectivity index (χ2n) is 11.0. The lowest BCUT2D eigenvalue weighted by molar-refractivity contribution is 0.590. The van der Waals surface area contributed by atoms with E-state index in [0.29, 0.717) is 27.2 Å². The van der Waals surface area contributed by atoms with Crippen LogP contribution in [0.1, 0.15) is 52.7 Å². The van der Waals surface area contributed by atoms with Gasteiger partial charge in [-0.1, -0.05) is 101 Å². The molecular formula is C32H33Cl3N6. The number of hydrogen-bond donors (Lipinski definition) is 2. The van der Waals surface area contributed by atoms with Gasteiger partial charge in [0, 0.05) is 23.8 Å². The number of nitrogen functional groups attached to an aromatic ring is 1. The number of benzene rings is 2. The van der Waals surface area contributed by atoms with E-state index >= 15 is 0 Å². The molecule has 212 valence electrons. The van der Waals surface area contributed by atoms with E-state index < -0.39 is 0 Å². The summed E-state index contributed by atoms with van der Waals surface area (Å²) >= 11 is 17.1. The highest BCUT2D eigenvalue weighted by molar-refractivity contribution is 6.41. The molecule has 4 rings (SSSR count). The highest BCUT2D eigenvalue weighted by Crippen LogP contribution is 2.29. The van der Waals surface area contributed by atoms with E-state index in [1.54, 1.807) is 6.07 Å². The quantitative estimate of drug-likeness (QED) is 0.135. The second-order valence-corrected chi connectivity index (χ2v) is 12.2. The minimum absolute atomic E-state index is 0.131. The summed E-state index contributed by atoms with van der Waals surface area (Å²) in [6.45, 7) is 26.6. The molecule has 0 aliphatic rings. The van der Waals surface area contributed by atoms with Gasteiger partial charge in [-0.3, -0.25) is 4.98 Å². The lowest BCUT2D eigenvalue weighted by atomic mass is 9.87. The van der Waals surface area contributed by atoms with Crippen molar-refractivity contribution in [1.29, 1.82) is 0 Å². The van der Waals surface area contributed by atoms with E-state index in [9.17, 15) is 0 Å². The molecule has 0 amide bonds. The molecule has 0 spiro atoms. The van der Waals surface area contributed by atoms with Gasteiger partial charge in [-0.25, -0.2) is 14.7 Å². The average molecular weight is 608 g/mol. The Morgan fingerprint density at radius 1 is 0.683 bits per heavy atom. The molecule has 0 saturated heterocycles. The number of hydrogen-bond acceptors (Lipinski definition) is 4. The number of rotatable bonds is 2. The standard InChI is InChI=1S/C16H16ClN3.C10H15N.C6H2Cl2N2/c1-16(2,3)11-5-7-12(8-6-11)20-15-14(17)9-13(18-4)10-19-15;1-10(2,3)8-4-6-9(11)7-5-8;1-9-4-2-5(7)6(8)10-3-4/h5-10H,1-3H3,(H,19,20);4-7H,11H2,1-3H3;2-3H. The Morgan fingerprint density at radius 2 is 1.12 bits per heavy atom. The summed E-state index contributed by atoms with van der Waals surface area (Å²) in [5.41, 5.74) is 11.1. The minimum Gasteiger partial charge on any atom is -0.399 e. The molecule has 0 radical (unpaired) electrons. The number of anilines is 3. The van der Waals surface area contributed by atoms with E-state index in [-0.39, 0.29) is 16.0 Å². The molecule has 0 saturated carbocycles. The number of nitrogens with zero attached hydrogens (tertiary/aromatic N) is 4. The molecule has 9 heteroatoms. The molecule has 41 heavy (non-hydrogen) atoms. The van der Waals surface area contributed by atoms with Gasteiger partial charge >= 0.3 is 0 Å². The van der Waals surface area contributed by atoms with Gasteiger partial charge in [0.25, 0.3) is 0 Å². The normalized spacial score (nSPS) is 10.6. The molecule has 4 aromatic rings. The third-order valence-corrected chi connectivity index (χ3v) is 6.63. The van der Waals surface area contributed by atoms with E-state index in [1.807, 2.05) is 24.3 Å². The molecule has 0 fully saturated rings. The molecule has 2 aromatic carbocycles. The fourth-order valence-corrected chi connectivity index (χ4v) is 3.70. The zero-order valence-electron chi connectivity index (χ0n) is 23.9. The van der Waals surface area contributed by atoms with Crippen molar-refractivity contribution in [2.45, 2.75) is 52.4 Å². The number of nitrogens with one attached hydrogen (secondary N) is 1. The van der Waals surface area contributed by atoms with Crippen LogP contribution in [0.3, 0.4) is 0 Å². The van der Waals surface area contributed by atoms with Crippen molar-refractivity contribution in [3.8, 4) is 0 Å². The molecule has 0 bridgehead atoms. The van der Waals surface area contributed by atoms with Crippen molar-refractivity contribution >= 4 is 63.4 Å². The van der Waals surface area contributed by atoms with Crippen LogP contribution < -0.4 is 11.1 Å². The fourth-order valence-electron chi connectivity index (χ4n) is 3.23. The SMILES string of the molecule is CC(C)(C)c1ccc(N)cc1.[C-]#[N+]c1cnc(Cl)c(Cl)c1.[C-]#[N+]c1cnc(Nc2ccc(C(C)(C)C)cc2)c(Cl)c1. The smallest absolute Gasteiger partial charge is 0.206 e. The highest BCUT2D eigenvalue weighted by Gasteiger charge is 2.13. The first-order valence-corrected chi connectivity index (χ1v) is 13.7. The molecule has 6 nitrogen and oxygen atoms in total. The Hall–Kier alpha value is -3.81. The lowest BCUT2D eigenvalue weighted by Crippen LogP contribution is -2.10. The van der Waals surface area contributed by atoms with E-state index in [0.717, 1.165) is 11.4 Å². The Balaban J connectivity index is 0.000000236. The second kappa shape index (κ2) is 14.7. The lowest BCUT2D eigenvalue weighted by Gasteiger charge is -2.19. The van der Waals surface area contributed by atoms with Gasteiger partial charge in [0.2, 0.25) is 11.4 Å². The maximum absolute atomic E-state index is 6.92. The van der Waals surface area contributed by atoms with Gasteiger partial charge in [-0.2, -0.15) is 0 Å². The summed E-state index contributed by atoms with van der Waals surface area (Å²) < 4.78 is 0. The third kappa shape index (κ3) is 10.9. The average Bonchev–Trinajstić information content (AvgIpc) is 2.91. The number of halogens is 3. The molecule has 0 atom stereocenters. The van der Waals surface area contributed by atoms with Crippen LogP contribution in [0.25, 0.3) is 9.69 Å². The Kier molecular flexibility index (Phi) is 12.0.